The Labute approximate surface area is 151 Å². The maximum absolute atomic E-state index is 12.3. The molecule has 0 bridgehead atoms. The SMILES string of the molecule is COCCC(NC(=O)c1cc(NC(=O)CC(C)C)ccc1Cl)C(=O)O. The summed E-state index contributed by atoms with van der Waals surface area (Å²) in [6.45, 7) is 4.04. The van der Waals surface area contributed by atoms with Crippen molar-refractivity contribution in [2.75, 3.05) is 19.0 Å². The predicted octanol–water partition coefficient (Wildman–Crippen LogP) is 2.54. The van der Waals surface area contributed by atoms with E-state index in [0.717, 1.165) is 0 Å². The lowest BCUT2D eigenvalue weighted by Crippen LogP contribution is -2.41. The molecule has 0 radical (unpaired) electrons. The van der Waals surface area contributed by atoms with E-state index in [1.807, 2.05) is 13.8 Å². The van der Waals surface area contributed by atoms with E-state index in [-0.39, 0.29) is 35.4 Å². The number of carbonyl (C=O) groups is 3. The molecule has 2 amide bonds. The summed E-state index contributed by atoms with van der Waals surface area (Å²) >= 11 is 6.03. The highest BCUT2D eigenvalue weighted by Crippen LogP contribution is 2.21. The number of nitrogens with one attached hydrogen (secondary N) is 2. The van der Waals surface area contributed by atoms with Gasteiger partial charge < -0.3 is 20.5 Å². The van der Waals surface area contributed by atoms with Crippen molar-refractivity contribution >= 4 is 35.1 Å². The van der Waals surface area contributed by atoms with E-state index in [9.17, 15) is 14.4 Å². The van der Waals surface area contributed by atoms with Crippen molar-refractivity contribution in [1.29, 1.82) is 0 Å². The Morgan fingerprint density at radius 1 is 1.28 bits per heavy atom. The zero-order valence-corrected chi connectivity index (χ0v) is 15.2. The number of ether oxygens (including phenoxy) is 1. The van der Waals surface area contributed by atoms with Crippen molar-refractivity contribution in [2.24, 2.45) is 5.92 Å². The number of anilines is 1. The molecule has 0 aliphatic heterocycles. The standard InChI is InChI=1S/C17H23ClN2O5/c1-10(2)8-15(21)19-11-4-5-13(18)12(9-11)16(22)20-14(17(23)24)6-7-25-3/h4-5,9-10,14H,6-8H2,1-3H3,(H,19,21)(H,20,22)(H,23,24). The van der Waals surface area contributed by atoms with Crippen molar-refractivity contribution in [3.63, 3.8) is 0 Å². The van der Waals surface area contributed by atoms with Gasteiger partial charge in [-0.2, -0.15) is 0 Å². The van der Waals surface area contributed by atoms with Crippen LogP contribution in [0.1, 0.15) is 37.0 Å². The van der Waals surface area contributed by atoms with Crippen molar-refractivity contribution < 1.29 is 24.2 Å². The molecule has 1 rings (SSSR count). The minimum atomic E-state index is -1.16. The highest BCUT2D eigenvalue weighted by Gasteiger charge is 2.22. The van der Waals surface area contributed by atoms with Crippen LogP contribution in [-0.2, 0) is 14.3 Å². The zero-order valence-electron chi connectivity index (χ0n) is 14.5. The number of carbonyl (C=O) groups excluding carboxylic acids is 2. The smallest absolute Gasteiger partial charge is 0.326 e. The monoisotopic (exact) mass is 370 g/mol. The summed E-state index contributed by atoms with van der Waals surface area (Å²) < 4.78 is 4.84. The zero-order chi connectivity index (χ0) is 19.0. The molecule has 25 heavy (non-hydrogen) atoms. The number of hydrogen-bond donors (Lipinski definition) is 3. The first-order valence-electron chi connectivity index (χ1n) is 7.86. The van der Waals surface area contributed by atoms with Crippen LogP contribution in [0.3, 0.4) is 0 Å². The van der Waals surface area contributed by atoms with Crippen molar-refractivity contribution in [1.82, 2.24) is 5.32 Å². The summed E-state index contributed by atoms with van der Waals surface area (Å²) in [5.41, 5.74) is 0.511. The highest BCUT2D eigenvalue weighted by atomic mass is 35.5. The summed E-state index contributed by atoms with van der Waals surface area (Å²) in [4.78, 5) is 35.4. The van der Waals surface area contributed by atoms with E-state index < -0.39 is 17.9 Å². The molecule has 0 fully saturated rings. The van der Waals surface area contributed by atoms with E-state index in [1.54, 1.807) is 6.07 Å². The number of aliphatic carboxylic acids is 1. The lowest BCUT2D eigenvalue weighted by molar-refractivity contribution is -0.139. The largest absolute Gasteiger partial charge is 0.480 e. The highest BCUT2D eigenvalue weighted by molar-refractivity contribution is 6.34. The van der Waals surface area contributed by atoms with Crippen LogP contribution < -0.4 is 10.6 Å². The molecule has 1 atom stereocenters. The van der Waals surface area contributed by atoms with Gasteiger partial charge in [0.05, 0.1) is 10.6 Å². The minimum Gasteiger partial charge on any atom is -0.480 e. The lowest BCUT2D eigenvalue weighted by Gasteiger charge is -2.15. The quantitative estimate of drug-likeness (QED) is 0.619. The summed E-state index contributed by atoms with van der Waals surface area (Å²) in [5.74, 6) is -1.77. The average molecular weight is 371 g/mol. The third kappa shape index (κ3) is 7.11. The minimum absolute atomic E-state index is 0.0904. The third-order valence-electron chi connectivity index (χ3n) is 3.30. The fourth-order valence-corrected chi connectivity index (χ4v) is 2.29. The second-order valence-corrected chi connectivity index (χ2v) is 6.39. The van der Waals surface area contributed by atoms with Gasteiger partial charge in [0.1, 0.15) is 6.04 Å². The molecule has 0 aromatic heterocycles. The van der Waals surface area contributed by atoms with Crippen molar-refractivity contribution in [3.05, 3.63) is 28.8 Å². The van der Waals surface area contributed by atoms with Crippen LogP contribution in [-0.4, -0.2) is 42.6 Å². The van der Waals surface area contributed by atoms with Gasteiger partial charge in [-0.15, -0.1) is 0 Å². The Kier molecular flexibility index (Phi) is 8.37. The van der Waals surface area contributed by atoms with Crippen molar-refractivity contribution in [3.8, 4) is 0 Å². The molecule has 8 heteroatoms. The number of hydrogen-bond acceptors (Lipinski definition) is 4. The van der Waals surface area contributed by atoms with Crippen LogP contribution in [0.25, 0.3) is 0 Å². The topological polar surface area (TPSA) is 105 Å². The first-order valence-corrected chi connectivity index (χ1v) is 8.24. The van der Waals surface area contributed by atoms with E-state index in [4.69, 9.17) is 21.4 Å². The Bertz CT molecular complexity index is 633. The van der Waals surface area contributed by atoms with Crippen LogP contribution in [0.5, 0.6) is 0 Å². The first-order chi connectivity index (χ1) is 11.7. The maximum Gasteiger partial charge on any atom is 0.326 e. The van der Waals surface area contributed by atoms with E-state index in [1.165, 1.54) is 19.2 Å². The Morgan fingerprint density at radius 3 is 2.52 bits per heavy atom. The van der Waals surface area contributed by atoms with Gasteiger partial charge in [0.15, 0.2) is 0 Å². The van der Waals surface area contributed by atoms with Crippen LogP contribution in [0, 0.1) is 5.92 Å². The van der Waals surface area contributed by atoms with Crippen LogP contribution in [0.4, 0.5) is 5.69 Å². The van der Waals surface area contributed by atoms with E-state index in [2.05, 4.69) is 10.6 Å². The molecule has 0 spiro atoms. The van der Waals surface area contributed by atoms with E-state index in [0.29, 0.717) is 12.1 Å². The summed E-state index contributed by atoms with van der Waals surface area (Å²) in [6, 6.07) is 3.39. The van der Waals surface area contributed by atoms with Crippen molar-refractivity contribution in [2.45, 2.75) is 32.7 Å². The maximum atomic E-state index is 12.3. The van der Waals surface area contributed by atoms with Gasteiger partial charge in [-0.3, -0.25) is 9.59 Å². The molecule has 7 nitrogen and oxygen atoms in total. The molecule has 138 valence electrons. The number of carboxylic acid groups (broad SMARTS) is 1. The van der Waals surface area contributed by atoms with Gasteiger partial charge in [0, 0.05) is 32.2 Å². The van der Waals surface area contributed by atoms with Gasteiger partial charge in [0.2, 0.25) is 5.91 Å². The van der Waals surface area contributed by atoms with Gasteiger partial charge in [-0.1, -0.05) is 25.4 Å². The van der Waals surface area contributed by atoms with Gasteiger partial charge in [0.25, 0.3) is 5.91 Å². The number of benzene rings is 1. The Balaban J connectivity index is 2.88. The Hall–Kier alpha value is -2.12. The molecular formula is C17H23ClN2O5. The summed E-state index contributed by atoms with van der Waals surface area (Å²) in [6.07, 6.45) is 0.474. The third-order valence-corrected chi connectivity index (χ3v) is 3.63. The molecule has 0 saturated heterocycles. The van der Waals surface area contributed by atoms with Gasteiger partial charge in [-0.25, -0.2) is 4.79 Å². The van der Waals surface area contributed by atoms with Crippen LogP contribution >= 0.6 is 11.6 Å². The normalized spacial score (nSPS) is 11.9. The van der Waals surface area contributed by atoms with Crippen LogP contribution in [0.15, 0.2) is 18.2 Å². The predicted molar refractivity (Wildman–Crippen MR) is 94.9 cm³/mol. The molecular weight excluding hydrogens is 348 g/mol. The summed E-state index contributed by atoms with van der Waals surface area (Å²) in [7, 11) is 1.45. The first kappa shape index (κ1) is 20.9. The number of carboxylic acids is 1. The number of methoxy groups -OCH3 is 1. The Morgan fingerprint density at radius 2 is 1.96 bits per heavy atom. The van der Waals surface area contributed by atoms with Gasteiger partial charge >= 0.3 is 5.97 Å². The fraction of sp³-hybridized carbons (Fsp3) is 0.471. The molecule has 0 aliphatic carbocycles. The molecule has 1 aromatic carbocycles. The average Bonchev–Trinajstić information content (AvgIpc) is 2.51. The number of rotatable bonds is 9. The number of halogens is 1. The van der Waals surface area contributed by atoms with Crippen LogP contribution in [0.2, 0.25) is 5.02 Å². The molecule has 0 heterocycles. The second kappa shape index (κ2) is 10.0. The molecule has 1 aromatic rings. The lowest BCUT2D eigenvalue weighted by atomic mass is 10.1. The molecule has 0 saturated carbocycles. The summed E-state index contributed by atoms with van der Waals surface area (Å²) in [5, 5.41) is 14.4. The molecule has 1 unspecified atom stereocenters. The van der Waals surface area contributed by atoms with E-state index >= 15 is 0 Å². The molecule has 3 N–H and O–H groups in total. The van der Waals surface area contributed by atoms with Gasteiger partial charge in [-0.05, 0) is 24.1 Å². The molecule has 0 aliphatic rings. The second-order valence-electron chi connectivity index (χ2n) is 5.99. The number of amides is 2. The fourth-order valence-electron chi connectivity index (χ4n) is 2.09.